The molecule has 0 saturated carbocycles. The first-order valence-electron chi connectivity index (χ1n) is 7.82. The number of aryl methyl sites for hydroxylation is 1. The van der Waals surface area contributed by atoms with E-state index in [9.17, 15) is 4.79 Å². The predicted octanol–water partition coefficient (Wildman–Crippen LogP) is 3.48. The quantitative estimate of drug-likeness (QED) is 0.851. The fourth-order valence-corrected chi connectivity index (χ4v) is 2.15. The summed E-state index contributed by atoms with van der Waals surface area (Å²) >= 11 is 0. The van der Waals surface area contributed by atoms with Gasteiger partial charge in [-0.1, -0.05) is 35.9 Å². The first-order valence-corrected chi connectivity index (χ1v) is 7.82. The standard InChI is InChI=1S/C19H23NO3/c1-4-22-18-8-6-5-7-16(18)13-20-19(21)15(3)23-17-11-9-14(2)10-12-17/h5-12,15H,4,13H2,1-3H3,(H,20,21)/t15-/m0/s1. The van der Waals surface area contributed by atoms with Crippen LogP contribution in [0.3, 0.4) is 0 Å². The number of rotatable bonds is 7. The topological polar surface area (TPSA) is 47.6 Å². The molecule has 0 saturated heterocycles. The zero-order chi connectivity index (χ0) is 16.7. The van der Waals surface area contributed by atoms with Crippen LogP contribution < -0.4 is 14.8 Å². The maximum Gasteiger partial charge on any atom is 0.261 e. The number of para-hydroxylation sites is 1. The van der Waals surface area contributed by atoms with Crippen molar-refractivity contribution in [2.75, 3.05) is 6.61 Å². The van der Waals surface area contributed by atoms with E-state index in [2.05, 4.69) is 5.32 Å². The molecule has 0 heterocycles. The largest absolute Gasteiger partial charge is 0.494 e. The van der Waals surface area contributed by atoms with Crippen molar-refractivity contribution in [3.05, 3.63) is 59.7 Å². The van der Waals surface area contributed by atoms with Crippen LogP contribution in [0.2, 0.25) is 0 Å². The van der Waals surface area contributed by atoms with Crippen molar-refractivity contribution in [1.29, 1.82) is 0 Å². The zero-order valence-corrected chi connectivity index (χ0v) is 13.8. The van der Waals surface area contributed by atoms with Gasteiger partial charge in [-0.05, 0) is 39.0 Å². The van der Waals surface area contributed by atoms with Crippen LogP contribution >= 0.6 is 0 Å². The maximum absolute atomic E-state index is 12.2. The number of benzene rings is 2. The Morgan fingerprint density at radius 2 is 1.83 bits per heavy atom. The predicted molar refractivity (Wildman–Crippen MR) is 90.7 cm³/mol. The third kappa shape index (κ3) is 5.02. The van der Waals surface area contributed by atoms with Crippen molar-refractivity contribution >= 4 is 5.91 Å². The molecule has 0 aliphatic carbocycles. The Morgan fingerprint density at radius 3 is 2.52 bits per heavy atom. The summed E-state index contributed by atoms with van der Waals surface area (Å²) in [6.07, 6.45) is -0.558. The fraction of sp³-hybridized carbons (Fsp3) is 0.316. The van der Waals surface area contributed by atoms with E-state index < -0.39 is 6.10 Å². The lowest BCUT2D eigenvalue weighted by Crippen LogP contribution is -2.36. The van der Waals surface area contributed by atoms with Crippen molar-refractivity contribution in [2.24, 2.45) is 0 Å². The summed E-state index contributed by atoms with van der Waals surface area (Å²) in [5.74, 6) is 1.33. The number of carbonyl (C=O) groups excluding carboxylic acids is 1. The Balaban J connectivity index is 1.90. The van der Waals surface area contributed by atoms with Crippen LogP contribution in [0.4, 0.5) is 0 Å². The van der Waals surface area contributed by atoms with Crippen LogP contribution in [-0.4, -0.2) is 18.6 Å². The molecular formula is C19H23NO3. The van der Waals surface area contributed by atoms with Crippen LogP contribution in [0.25, 0.3) is 0 Å². The van der Waals surface area contributed by atoms with Gasteiger partial charge in [-0.25, -0.2) is 0 Å². The average Bonchev–Trinajstić information content (AvgIpc) is 2.56. The van der Waals surface area contributed by atoms with E-state index in [-0.39, 0.29) is 5.91 Å². The molecule has 4 nitrogen and oxygen atoms in total. The molecule has 23 heavy (non-hydrogen) atoms. The molecule has 0 aromatic heterocycles. The molecule has 122 valence electrons. The van der Waals surface area contributed by atoms with E-state index in [1.54, 1.807) is 6.92 Å². The van der Waals surface area contributed by atoms with Gasteiger partial charge < -0.3 is 14.8 Å². The van der Waals surface area contributed by atoms with Crippen LogP contribution in [0.15, 0.2) is 48.5 Å². The van der Waals surface area contributed by atoms with Crippen LogP contribution in [-0.2, 0) is 11.3 Å². The highest BCUT2D eigenvalue weighted by atomic mass is 16.5. The maximum atomic E-state index is 12.2. The molecule has 1 atom stereocenters. The molecule has 1 amide bonds. The van der Waals surface area contributed by atoms with Gasteiger partial charge in [-0.3, -0.25) is 4.79 Å². The summed E-state index contributed by atoms with van der Waals surface area (Å²) in [5, 5.41) is 2.89. The van der Waals surface area contributed by atoms with Crippen LogP contribution in [0.1, 0.15) is 25.0 Å². The average molecular weight is 313 g/mol. The Kier molecular flexibility index (Phi) is 6.03. The molecule has 2 rings (SSSR count). The molecule has 2 aromatic carbocycles. The second-order valence-electron chi connectivity index (χ2n) is 5.33. The summed E-state index contributed by atoms with van der Waals surface area (Å²) < 4.78 is 11.2. The molecule has 2 aromatic rings. The summed E-state index contributed by atoms with van der Waals surface area (Å²) in [6.45, 7) is 6.70. The van der Waals surface area contributed by atoms with Crippen molar-refractivity contribution in [1.82, 2.24) is 5.32 Å². The van der Waals surface area contributed by atoms with E-state index in [0.29, 0.717) is 18.9 Å². The van der Waals surface area contributed by atoms with E-state index in [4.69, 9.17) is 9.47 Å². The summed E-state index contributed by atoms with van der Waals surface area (Å²) in [6, 6.07) is 15.3. The lowest BCUT2D eigenvalue weighted by Gasteiger charge is -2.16. The lowest BCUT2D eigenvalue weighted by atomic mass is 10.2. The van der Waals surface area contributed by atoms with Gasteiger partial charge in [0.05, 0.1) is 6.61 Å². The van der Waals surface area contributed by atoms with Gasteiger partial charge in [0.15, 0.2) is 6.10 Å². The number of nitrogens with one attached hydrogen (secondary N) is 1. The van der Waals surface area contributed by atoms with Crippen LogP contribution in [0.5, 0.6) is 11.5 Å². The van der Waals surface area contributed by atoms with Gasteiger partial charge in [0, 0.05) is 12.1 Å². The van der Waals surface area contributed by atoms with Gasteiger partial charge in [-0.2, -0.15) is 0 Å². The number of ether oxygens (including phenoxy) is 2. The highest BCUT2D eigenvalue weighted by Crippen LogP contribution is 2.18. The molecule has 0 aliphatic heterocycles. The highest BCUT2D eigenvalue weighted by Gasteiger charge is 2.15. The Labute approximate surface area is 137 Å². The third-order valence-electron chi connectivity index (χ3n) is 3.43. The molecule has 1 N–H and O–H groups in total. The molecular weight excluding hydrogens is 290 g/mol. The second-order valence-corrected chi connectivity index (χ2v) is 5.33. The van der Waals surface area contributed by atoms with Crippen molar-refractivity contribution < 1.29 is 14.3 Å². The second kappa shape index (κ2) is 8.22. The molecule has 0 spiro atoms. The summed E-state index contributed by atoms with van der Waals surface area (Å²) in [5.41, 5.74) is 2.10. The van der Waals surface area contributed by atoms with Gasteiger partial charge in [-0.15, -0.1) is 0 Å². The van der Waals surface area contributed by atoms with E-state index >= 15 is 0 Å². The van der Waals surface area contributed by atoms with Crippen molar-refractivity contribution in [3.8, 4) is 11.5 Å². The SMILES string of the molecule is CCOc1ccccc1CNC(=O)[C@H](C)Oc1ccc(C)cc1. The molecule has 0 aliphatic rings. The normalized spacial score (nSPS) is 11.6. The Morgan fingerprint density at radius 1 is 1.13 bits per heavy atom. The van der Waals surface area contributed by atoms with E-state index in [1.807, 2.05) is 62.4 Å². The van der Waals surface area contributed by atoms with Crippen LogP contribution in [0, 0.1) is 6.92 Å². The molecule has 0 unspecified atom stereocenters. The van der Waals surface area contributed by atoms with E-state index in [1.165, 1.54) is 0 Å². The van der Waals surface area contributed by atoms with Gasteiger partial charge in [0.2, 0.25) is 0 Å². The number of carbonyl (C=O) groups is 1. The van der Waals surface area contributed by atoms with Crippen molar-refractivity contribution in [3.63, 3.8) is 0 Å². The fourth-order valence-electron chi connectivity index (χ4n) is 2.15. The number of hydrogen-bond acceptors (Lipinski definition) is 3. The summed E-state index contributed by atoms with van der Waals surface area (Å²) in [4.78, 5) is 12.2. The zero-order valence-electron chi connectivity index (χ0n) is 13.8. The number of hydrogen-bond donors (Lipinski definition) is 1. The van der Waals surface area contributed by atoms with Gasteiger partial charge in [0.25, 0.3) is 5.91 Å². The Bertz CT molecular complexity index is 637. The first kappa shape index (κ1) is 16.9. The third-order valence-corrected chi connectivity index (χ3v) is 3.43. The van der Waals surface area contributed by atoms with Crippen molar-refractivity contribution in [2.45, 2.75) is 33.4 Å². The molecule has 0 bridgehead atoms. The van der Waals surface area contributed by atoms with E-state index in [0.717, 1.165) is 16.9 Å². The minimum atomic E-state index is -0.558. The minimum absolute atomic E-state index is 0.156. The smallest absolute Gasteiger partial charge is 0.261 e. The molecule has 4 heteroatoms. The summed E-state index contributed by atoms with van der Waals surface area (Å²) in [7, 11) is 0. The Hall–Kier alpha value is -2.49. The van der Waals surface area contributed by atoms with Gasteiger partial charge in [0.1, 0.15) is 11.5 Å². The highest BCUT2D eigenvalue weighted by molar-refractivity contribution is 5.80. The first-order chi connectivity index (χ1) is 11.1. The minimum Gasteiger partial charge on any atom is -0.494 e. The monoisotopic (exact) mass is 313 g/mol. The molecule has 0 fully saturated rings. The lowest BCUT2D eigenvalue weighted by molar-refractivity contribution is -0.127. The number of amides is 1. The molecule has 0 radical (unpaired) electrons. The van der Waals surface area contributed by atoms with Gasteiger partial charge >= 0.3 is 0 Å².